The molecule has 1 aliphatic rings. The maximum absolute atomic E-state index is 13.8. The van der Waals surface area contributed by atoms with Crippen LogP contribution in [0.25, 0.3) is 0 Å². The first-order valence-corrected chi connectivity index (χ1v) is 8.01. The summed E-state index contributed by atoms with van der Waals surface area (Å²) in [6.07, 6.45) is -0.667. The summed E-state index contributed by atoms with van der Waals surface area (Å²) in [5.41, 5.74) is 0.604. The summed E-state index contributed by atoms with van der Waals surface area (Å²) in [7, 11) is -3.25. The Kier molecular flexibility index (Phi) is 4.90. The van der Waals surface area contributed by atoms with E-state index in [1.807, 2.05) is 0 Å². The molecule has 0 atom stereocenters. The van der Waals surface area contributed by atoms with Crippen molar-refractivity contribution in [3.05, 3.63) is 29.6 Å². The maximum atomic E-state index is 13.8. The summed E-state index contributed by atoms with van der Waals surface area (Å²) >= 11 is 0. The first-order valence-electron chi connectivity index (χ1n) is 6.57. The quantitative estimate of drug-likeness (QED) is 0.835. The average molecular weight is 322 g/mol. The number of rotatable bonds is 7. The Bertz CT molecular complexity index is 603. The van der Waals surface area contributed by atoms with Crippen LogP contribution in [0.4, 0.5) is 13.2 Å². The molecule has 1 aliphatic carbocycles. The summed E-state index contributed by atoms with van der Waals surface area (Å²) in [6, 6.07) is 4.16. The second-order valence-electron chi connectivity index (χ2n) is 5.10. The topological polar surface area (TPSA) is 49.4 Å². The third-order valence-corrected chi connectivity index (χ3v) is 5.09. The lowest BCUT2D eigenvalue weighted by Crippen LogP contribution is -2.32. The minimum Gasteiger partial charge on any atom is -0.310 e. The minimum absolute atomic E-state index is 0.423. The molecule has 0 bridgehead atoms. The number of benzene rings is 1. The normalized spacial score (nSPS) is 15.9. The van der Waals surface area contributed by atoms with Crippen LogP contribution in [0.2, 0.25) is 0 Å². The lowest BCUT2D eigenvalue weighted by Gasteiger charge is -2.17. The van der Waals surface area contributed by atoms with Crippen molar-refractivity contribution in [1.82, 2.24) is 9.62 Å². The fraction of sp³-hybridized carbons (Fsp3) is 0.538. The van der Waals surface area contributed by atoms with Gasteiger partial charge in [-0.3, -0.25) is 0 Å². The predicted octanol–water partition coefficient (Wildman–Crippen LogP) is 1.96. The Morgan fingerprint density at radius 3 is 2.62 bits per heavy atom. The van der Waals surface area contributed by atoms with Gasteiger partial charge in [0.1, 0.15) is 10.7 Å². The third-order valence-electron chi connectivity index (χ3n) is 3.25. The fourth-order valence-electron chi connectivity index (χ4n) is 1.87. The zero-order valence-corrected chi connectivity index (χ0v) is 12.3. The van der Waals surface area contributed by atoms with Crippen molar-refractivity contribution >= 4 is 10.0 Å². The Hall–Kier alpha value is -1.12. The van der Waals surface area contributed by atoms with Crippen molar-refractivity contribution in [3.63, 3.8) is 0 Å². The molecule has 0 heterocycles. The van der Waals surface area contributed by atoms with E-state index in [2.05, 4.69) is 5.32 Å². The summed E-state index contributed by atoms with van der Waals surface area (Å²) < 4.78 is 63.1. The van der Waals surface area contributed by atoms with Crippen molar-refractivity contribution in [2.75, 3.05) is 13.6 Å². The molecule has 4 nitrogen and oxygen atoms in total. The number of halogens is 3. The highest BCUT2D eigenvalue weighted by Crippen LogP contribution is 2.22. The number of hydrogen-bond donors (Lipinski definition) is 1. The van der Waals surface area contributed by atoms with Gasteiger partial charge in [0.25, 0.3) is 6.43 Å². The van der Waals surface area contributed by atoms with Crippen LogP contribution in [0.15, 0.2) is 23.1 Å². The van der Waals surface area contributed by atoms with Crippen molar-refractivity contribution in [3.8, 4) is 0 Å². The first-order chi connectivity index (χ1) is 9.80. The monoisotopic (exact) mass is 322 g/mol. The zero-order chi connectivity index (χ0) is 15.6. The van der Waals surface area contributed by atoms with Crippen molar-refractivity contribution in [2.24, 2.45) is 0 Å². The lowest BCUT2D eigenvalue weighted by atomic mass is 10.2. The molecule has 1 aromatic carbocycles. The van der Waals surface area contributed by atoms with E-state index in [0.29, 0.717) is 22.5 Å². The van der Waals surface area contributed by atoms with E-state index in [1.54, 1.807) is 0 Å². The standard InChI is InChI=1S/C13H17F3N2O2S/c1-18(8-13(15)16)21(19,20)12-6-9(2-5-11(12)14)7-17-10-3-4-10/h2,5-6,10,13,17H,3-4,7-8H2,1H3. The van der Waals surface area contributed by atoms with Crippen LogP contribution in [0.1, 0.15) is 18.4 Å². The first kappa shape index (κ1) is 16.3. The highest BCUT2D eigenvalue weighted by Gasteiger charge is 2.27. The third kappa shape index (κ3) is 4.18. The highest BCUT2D eigenvalue weighted by atomic mass is 32.2. The van der Waals surface area contributed by atoms with E-state index < -0.39 is 33.7 Å². The molecule has 21 heavy (non-hydrogen) atoms. The van der Waals surface area contributed by atoms with E-state index in [4.69, 9.17) is 0 Å². The molecule has 0 spiro atoms. The molecule has 118 valence electrons. The van der Waals surface area contributed by atoms with Gasteiger partial charge in [-0.05, 0) is 30.5 Å². The van der Waals surface area contributed by atoms with Gasteiger partial charge in [0.05, 0.1) is 6.54 Å². The SMILES string of the molecule is CN(CC(F)F)S(=O)(=O)c1cc(CNC2CC2)ccc1F. The molecule has 1 fully saturated rings. The molecule has 2 rings (SSSR count). The largest absolute Gasteiger partial charge is 0.310 e. The van der Waals surface area contributed by atoms with E-state index in [9.17, 15) is 21.6 Å². The molecule has 8 heteroatoms. The Balaban J connectivity index is 2.21. The van der Waals surface area contributed by atoms with Gasteiger partial charge in [0.2, 0.25) is 10.0 Å². The van der Waals surface area contributed by atoms with Crippen molar-refractivity contribution < 1.29 is 21.6 Å². The molecular weight excluding hydrogens is 305 g/mol. The van der Waals surface area contributed by atoms with E-state index in [1.165, 1.54) is 12.1 Å². The highest BCUT2D eigenvalue weighted by molar-refractivity contribution is 7.89. The van der Waals surface area contributed by atoms with Gasteiger partial charge in [-0.15, -0.1) is 0 Å². The second-order valence-corrected chi connectivity index (χ2v) is 7.11. The van der Waals surface area contributed by atoms with Crippen molar-refractivity contribution in [1.29, 1.82) is 0 Å². The zero-order valence-electron chi connectivity index (χ0n) is 11.5. The van der Waals surface area contributed by atoms with E-state index in [-0.39, 0.29) is 0 Å². The van der Waals surface area contributed by atoms with Crippen LogP contribution in [0, 0.1) is 5.82 Å². The van der Waals surface area contributed by atoms with Gasteiger partial charge < -0.3 is 5.32 Å². The van der Waals surface area contributed by atoms with E-state index in [0.717, 1.165) is 26.0 Å². The van der Waals surface area contributed by atoms with E-state index >= 15 is 0 Å². The van der Waals surface area contributed by atoms with Crippen LogP contribution < -0.4 is 5.32 Å². The van der Waals surface area contributed by atoms with Crippen LogP contribution >= 0.6 is 0 Å². The molecule has 0 amide bonds. The molecule has 0 aliphatic heterocycles. The summed E-state index contributed by atoms with van der Waals surface area (Å²) in [4.78, 5) is -0.569. The summed E-state index contributed by atoms with van der Waals surface area (Å²) in [5, 5.41) is 3.18. The smallest absolute Gasteiger partial charge is 0.252 e. The average Bonchev–Trinajstić information content (AvgIpc) is 3.20. The van der Waals surface area contributed by atoms with Gasteiger partial charge in [-0.2, -0.15) is 4.31 Å². The lowest BCUT2D eigenvalue weighted by molar-refractivity contribution is 0.126. The second kappa shape index (κ2) is 6.33. The number of sulfonamides is 1. The predicted molar refractivity (Wildman–Crippen MR) is 72.1 cm³/mol. The molecule has 0 radical (unpaired) electrons. The number of nitrogens with zero attached hydrogens (tertiary/aromatic N) is 1. The molecule has 0 unspecified atom stereocenters. The fourth-order valence-corrected chi connectivity index (χ4v) is 3.12. The molecule has 0 aromatic heterocycles. The molecule has 0 saturated heterocycles. The van der Waals surface area contributed by atoms with Gasteiger partial charge >= 0.3 is 0 Å². The van der Waals surface area contributed by atoms with Crippen LogP contribution in [-0.4, -0.2) is 38.8 Å². The number of hydrogen-bond acceptors (Lipinski definition) is 3. The van der Waals surface area contributed by atoms with Crippen molar-refractivity contribution in [2.45, 2.75) is 36.7 Å². The van der Waals surface area contributed by atoms with Crippen LogP contribution in [-0.2, 0) is 16.6 Å². The van der Waals surface area contributed by atoms with Gasteiger partial charge in [-0.1, -0.05) is 6.07 Å². The van der Waals surface area contributed by atoms with Gasteiger partial charge in [-0.25, -0.2) is 21.6 Å². The molecule has 1 aromatic rings. The number of nitrogens with one attached hydrogen (secondary N) is 1. The number of alkyl halides is 2. The molecule has 1 saturated carbocycles. The molecule has 1 N–H and O–H groups in total. The maximum Gasteiger partial charge on any atom is 0.252 e. The summed E-state index contributed by atoms with van der Waals surface area (Å²) in [5.74, 6) is -0.939. The Labute approximate surface area is 122 Å². The van der Waals surface area contributed by atoms with Crippen LogP contribution in [0.5, 0.6) is 0 Å². The van der Waals surface area contributed by atoms with Crippen LogP contribution in [0.3, 0.4) is 0 Å². The minimum atomic E-state index is -4.26. The van der Waals surface area contributed by atoms with Gasteiger partial charge in [0.15, 0.2) is 0 Å². The van der Waals surface area contributed by atoms with Gasteiger partial charge in [0, 0.05) is 19.6 Å². The Morgan fingerprint density at radius 2 is 2.05 bits per heavy atom. The molecular formula is C13H17F3N2O2S. The Morgan fingerprint density at radius 1 is 1.38 bits per heavy atom. The summed E-state index contributed by atoms with van der Waals surface area (Å²) in [6.45, 7) is -0.543.